The van der Waals surface area contributed by atoms with Crippen LogP contribution in [0.3, 0.4) is 0 Å². The van der Waals surface area contributed by atoms with Gasteiger partial charge in [0.1, 0.15) is 0 Å². The zero-order chi connectivity index (χ0) is 15.0. The third-order valence-corrected chi connectivity index (χ3v) is 2.34. The molecule has 0 unspecified atom stereocenters. The van der Waals surface area contributed by atoms with E-state index in [0.717, 1.165) is 6.07 Å². The molecule has 0 aromatic heterocycles. The third kappa shape index (κ3) is 5.55. The monoisotopic (exact) mass is 284 g/mol. The van der Waals surface area contributed by atoms with Crippen molar-refractivity contribution < 1.29 is 23.8 Å². The Bertz CT molecular complexity index is 479. The number of benzene rings is 1. The largest absolute Gasteiger partial charge is 0.491 e. The van der Waals surface area contributed by atoms with Crippen LogP contribution in [0.5, 0.6) is 5.75 Å². The Balaban J connectivity index is 2.42. The van der Waals surface area contributed by atoms with Crippen LogP contribution in [-0.2, 0) is 4.79 Å². The highest BCUT2D eigenvalue weighted by Crippen LogP contribution is 2.20. The molecule has 0 heterocycles. The van der Waals surface area contributed by atoms with Crippen LogP contribution in [0.1, 0.15) is 19.8 Å². The van der Waals surface area contributed by atoms with Gasteiger partial charge in [-0.1, -0.05) is 0 Å². The Morgan fingerprint density at radius 2 is 2.15 bits per heavy atom. The lowest BCUT2D eigenvalue weighted by atomic mass is 10.3. The highest BCUT2D eigenvalue weighted by Gasteiger charge is 2.07. The number of amides is 2. The number of carbonyl (C=O) groups is 2. The minimum atomic E-state index is -0.916. The summed E-state index contributed by atoms with van der Waals surface area (Å²) in [5, 5.41) is 13.4. The Morgan fingerprint density at radius 3 is 2.75 bits per heavy atom. The van der Waals surface area contributed by atoms with Crippen LogP contribution in [0.25, 0.3) is 0 Å². The molecule has 0 spiro atoms. The number of urea groups is 1. The fourth-order valence-electron chi connectivity index (χ4n) is 1.47. The number of carboxylic acid groups (broad SMARTS) is 1. The number of anilines is 1. The van der Waals surface area contributed by atoms with Crippen molar-refractivity contribution in [3.63, 3.8) is 0 Å². The van der Waals surface area contributed by atoms with E-state index in [4.69, 9.17) is 9.84 Å². The van der Waals surface area contributed by atoms with Gasteiger partial charge in [-0.25, -0.2) is 9.18 Å². The fraction of sp³-hybridized carbons (Fsp3) is 0.385. The number of rotatable bonds is 7. The molecule has 0 fully saturated rings. The van der Waals surface area contributed by atoms with E-state index >= 15 is 0 Å². The van der Waals surface area contributed by atoms with Gasteiger partial charge in [0.2, 0.25) is 0 Å². The molecule has 1 rings (SSSR count). The molecular weight excluding hydrogens is 267 g/mol. The molecule has 0 saturated carbocycles. The lowest BCUT2D eigenvalue weighted by Crippen LogP contribution is -2.29. The summed E-state index contributed by atoms with van der Waals surface area (Å²) in [6.07, 6.45) is 0.318. The Hall–Kier alpha value is -2.31. The van der Waals surface area contributed by atoms with Gasteiger partial charge in [0, 0.05) is 24.7 Å². The van der Waals surface area contributed by atoms with E-state index in [9.17, 15) is 14.0 Å². The molecular formula is C13H17FN2O4. The molecule has 0 bridgehead atoms. The van der Waals surface area contributed by atoms with Gasteiger partial charge >= 0.3 is 12.0 Å². The highest BCUT2D eigenvalue weighted by atomic mass is 19.1. The second kappa shape index (κ2) is 7.98. The number of nitrogens with one attached hydrogen (secondary N) is 2. The van der Waals surface area contributed by atoms with Crippen molar-refractivity contribution in [2.75, 3.05) is 18.5 Å². The van der Waals surface area contributed by atoms with Crippen molar-refractivity contribution in [2.24, 2.45) is 0 Å². The Kier molecular flexibility index (Phi) is 6.28. The lowest BCUT2D eigenvalue weighted by Gasteiger charge is -2.09. The molecule has 3 N–H and O–H groups in total. The summed E-state index contributed by atoms with van der Waals surface area (Å²) in [4.78, 5) is 21.7. The lowest BCUT2D eigenvalue weighted by molar-refractivity contribution is -0.137. The van der Waals surface area contributed by atoms with Crippen LogP contribution in [0.4, 0.5) is 14.9 Å². The van der Waals surface area contributed by atoms with E-state index in [1.807, 2.05) is 0 Å². The smallest absolute Gasteiger partial charge is 0.319 e. The van der Waals surface area contributed by atoms with Crippen molar-refractivity contribution in [3.8, 4) is 5.75 Å². The first-order valence-electron chi connectivity index (χ1n) is 6.22. The van der Waals surface area contributed by atoms with Crippen LogP contribution in [0.2, 0.25) is 0 Å². The maximum Gasteiger partial charge on any atom is 0.319 e. The topological polar surface area (TPSA) is 87.7 Å². The number of carbonyl (C=O) groups excluding carboxylic acids is 1. The van der Waals surface area contributed by atoms with Crippen molar-refractivity contribution in [1.82, 2.24) is 5.32 Å². The van der Waals surface area contributed by atoms with Crippen molar-refractivity contribution >= 4 is 17.7 Å². The van der Waals surface area contributed by atoms with Crippen molar-refractivity contribution in [3.05, 3.63) is 24.0 Å². The van der Waals surface area contributed by atoms with Crippen LogP contribution >= 0.6 is 0 Å². The van der Waals surface area contributed by atoms with Crippen LogP contribution in [0, 0.1) is 5.82 Å². The summed E-state index contributed by atoms with van der Waals surface area (Å²) < 4.78 is 18.6. The zero-order valence-electron chi connectivity index (χ0n) is 11.1. The normalized spacial score (nSPS) is 9.90. The first-order valence-corrected chi connectivity index (χ1v) is 6.22. The molecule has 20 heavy (non-hydrogen) atoms. The molecule has 0 aliphatic heterocycles. The number of ether oxygens (including phenoxy) is 1. The molecule has 1 aromatic rings. The second-order valence-electron chi connectivity index (χ2n) is 3.96. The van der Waals surface area contributed by atoms with E-state index in [1.54, 1.807) is 6.92 Å². The maximum atomic E-state index is 13.5. The van der Waals surface area contributed by atoms with E-state index < -0.39 is 17.8 Å². The van der Waals surface area contributed by atoms with E-state index in [2.05, 4.69) is 10.6 Å². The number of aliphatic carboxylic acids is 1. The van der Waals surface area contributed by atoms with E-state index in [-0.39, 0.29) is 18.7 Å². The van der Waals surface area contributed by atoms with Gasteiger partial charge in [-0.3, -0.25) is 4.79 Å². The van der Waals surface area contributed by atoms with Crippen LogP contribution < -0.4 is 15.4 Å². The fourth-order valence-corrected chi connectivity index (χ4v) is 1.47. The molecule has 6 nitrogen and oxygen atoms in total. The Morgan fingerprint density at radius 1 is 1.40 bits per heavy atom. The third-order valence-electron chi connectivity index (χ3n) is 2.34. The molecule has 7 heteroatoms. The van der Waals surface area contributed by atoms with Gasteiger partial charge in [0.25, 0.3) is 0 Å². The molecule has 0 radical (unpaired) electrons. The zero-order valence-corrected chi connectivity index (χ0v) is 11.1. The number of halogens is 1. The van der Waals surface area contributed by atoms with Gasteiger partial charge in [-0.05, 0) is 25.5 Å². The quantitative estimate of drug-likeness (QED) is 0.670. The number of hydrogen-bond donors (Lipinski definition) is 3. The summed E-state index contributed by atoms with van der Waals surface area (Å²) in [6, 6.07) is 3.59. The molecule has 0 saturated heterocycles. The summed E-state index contributed by atoms with van der Waals surface area (Å²) in [5.41, 5.74) is 0.293. The van der Waals surface area contributed by atoms with Crippen molar-refractivity contribution in [2.45, 2.75) is 19.8 Å². The Labute approximate surface area is 115 Å². The first kappa shape index (κ1) is 15.7. The number of carboxylic acids is 1. The first-order chi connectivity index (χ1) is 9.52. The van der Waals surface area contributed by atoms with E-state index in [0.29, 0.717) is 18.7 Å². The average molecular weight is 284 g/mol. The molecule has 2 amide bonds. The molecule has 110 valence electrons. The second-order valence-corrected chi connectivity index (χ2v) is 3.96. The molecule has 0 aliphatic carbocycles. The highest BCUT2D eigenvalue weighted by molar-refractivity contribution is 5.89. The predicted octanol–water partition coefficient (Wildman–Crippen LogP) is 2.21. The molecule has 0 aliphatic rings. The van der Waals surface area contributed by atoms with Gasteiger partial charge in [-0.15, -0.1) is 0 Å². The standard InChI is InChI=1S/C13H17FN2O4/c1-2-20-11-6-5-9(8-10(11)14)16-13(19)15-7-3-4-12(17)18/h5-6,8H,2-4,7H2,1H3,(H,17,18)(H2,15,16,19). The van der Waals surface area contributed by atoms with Gasteiger partial charge in [0.05, 0.1) is 6.61 Å². The molecule has 0 atom stereocenters. The van der Waals surface area contributed by atoms with Gasteiger partial charge < -0.3 is 20.5 Å². The summed E-state index contributed by atoms with van der Waals surface area (Å²) in [6.45, 7) is 2.33. The van der Waals surface area contributed by atoms with Crippen LogP contribution in [0.15, 0.2) is 18.2 Å². The molecule has 1 aromatic carbocycles. The SMILES string of the molecule is CCOc1ccc(NC(=O)NCCCC(=O)O)cc1F. The number of hydrogen-bond acceptors (Lipinski definition) is 3. The minimum Gasteiger partial charge on any atom is -0.491 e. The summed E-state index contributed by atoms with van der Waals surface area (Å²) in [7, 11) is 0. The minimum absolute atomic E-state index is 0.0159. The predicted molar refractivity (Wildman–Crippen MR) is 71.5 cm³/mol. The van der Waals surface area contributed by atoms with Crippen LogP contribution in [-0.4, -0.2) is 30.3 Å². The van der Waals surface area contributed by atoms with Gasteiger partial charge in [0.15, 0.2) is 11.6 Å². The van der Waals surface area contributed by atoms with E-state index in [1.165, 1.54) is 12.1 Å². The van der Waals surface area contributed by atoms with Crippen molar-refractivity contribution in [1.29, 1.82) is 0 Å². The average Bonchev–Trinajstić information content (AvgIpc) is 2.38. The van der Waals surface area contributed by atoms with Gasteiger partial charge in [-0.2, -0.15) is 0 Å². The summed E-state index contributed by atoms with van der Waals surface area (Å²) in [5.74, 6) is -1.35. The maximum absolute atomic E-state index is 13.5. The summed E-state index contributed by atoms with van der Waals surface area (Å²) >= 11 is 0.